The van der Waals surface area contributed by atoms with E-state index in [4.69, 9.17) is 11.6 Å². The van der Waals surface area contributed by atoms with Gasteiger partial charge in [-0.05, 0) is 24.6 Å². The quantitative estimate of drug-likeness (QED) is 0.495. The third kappa shape index (κ3) is 2.89. The Balaban J connectivity index is 2.74. The van der Waals surface area contributed by atoms with Crippen molar-refractivity contribution in [3.63, 3.8) is 0 Å². The molecular formula is C10H16BrN3. The second-order valence-corrected chi connectivity index (χ2v) is 4.17. The highest BCUT2D eigenvalue weighted by atomic mass is 79.9. The maximum absolute atomic E-state index is 5.87. The number of nitrogens with zero attached hydrogens (tertiary/aromatic N) is 1. The van der Waals surface area contributed by atoms with Crippen LogP contribution in [-0.2, 0) is 0 Å². The molecule has 4 N–H and O–H groups in total. The van der Waals surface area contributed by atoms with Gasteiger partial charge < -0.3 is 10.7 Å². The molecule has 78 valence electrons. The smallest absolute Gasteiger partial charge is 0.0747 e. The predicted octanol–water partition coefficient (Wildman–Crippen LogP) is 2.51. The highest BCUT2D eigenvalue weighted by Crippen LogP contribution is 2.25. The number of hydrazine groups is 1. The van der Waals surface area contributed by atoms with Gasteiger partial charge in [0.1, 0.15) is 0 Å². The third-order valence-electron chi connectivity index (χ3n) is 2.05. The van der Waals surface area contributed by atoms with E-state index >= 15 is 0 Å². The van der Waals surface area contributed by atoms with E-state index in [1.165, 1.54) is 0 Å². The summed E-state index contributed by atoms with van der Waals surface area (Å²) in [6.45, 7) is 2.97. The maximum Gasteiger partial charge on any atom is 0.0747 e. The van der Waals surface area contributed by atoms with Crippen LogP contribution < -0.4 is 16.6 Å². The Morgan fingerprint density at radius 3 is 2.71 bits per heavy atom. The number of hydrogen-bond acceptors (Lipinski definition) is 3. The summed E-state index contributed by atoms with van der Waals surface area (Å²) in [5.74, 6) is 5.87. The summed E-state index contributed by atoms with van der Waals surface area (Å²) in [5, 5.41) is 1.70. The van der Waals surface area contributed by atoms with Gasteiger partial charge >= 0.3 is 0 Å². The van der Waals surface area contributed by atoms with Gasteiger partial charge in [-0.25, -0.2) is 5.84 Å². The van der Waals surface area contributed by atoms with Gasteiger partial charge in [0.25, 0.3) is 0 Å². The molecule has 0 saturated heterocycles. The summed E-state index contributed by atoms with van der Waals surface area (Å²) >= 11 is 3.36. The van der Waals surface area contributed by atoms with Crippen molar-refractivity contribution in [1.82, 2.24) is 0 Å². The average molecular weight is 258 g/mol. The molecular weight excluding hydrogens is 242 g/mol. The van der Waals surface area contributed by atoms with Crippen LogP contribution in [0, 0.1) is 0 Å². The molecule has 4 heteroatoms. The zero-order chi connectivity index (χ0) is 10.6. The molecule has 0 aliphatic carbocycles. The standard InChI is InChI=1S/C10H16BrN3/c1-2-3-6-14(13)10-5-4-8(11)7-9(10)12/h4-5,7H,2-3,6,12-13H2,1H3. The van der Waals surface area contributed by atoms with E-state index in [0.29, 0.717) is 5.69 Å². The predicted molar refractivity (Wildman–Crippen MR) is 65.0 cm³/mol. The summed E-state index contributed by atoms with van der Waals surface area (Å²) in [4.78, 5) is 0. The Morgan fingerprint density at radius 1 is 1.43 bits per heavy atom. The summed E-state index contributed by atoms with van der Waals surface area (Å²) in [5.41, 5.74) is 7.44. The topological polar surface area (TPSA) is 55.3 Å². The number of hydrogen-bond donors (Lipinski definition) is 2. The van der Waals surface area contributed by atoms with Gasteiger partial charge in [0.2, 0.25) is 0 Å². The molecule has 0 radical (unpaired) electrons. The Morgan fingerprint density at radius 2 is 2.14 bits per heavy atom. The third-order valence-corrected chi connectivity index (χ3v) is 2.54. The molecule has 1 aromatic rings. The molecule has 0 aliphatic heterocycles. The first kappa shape index (κ1) is 11.3. The van der Waals surface area contributed by atoms with Crippen LogP contribution in [0.4, 0.5) is 11.4 Å². The van der Waals surface area contributed by atoms with Crippen molar-refractivity contribution in [1.29, 1.82) is 0 Å². The molecule has 1 rings (SSSR count). The SMILES string of the molecule is CCCCN(N)c1ccc(Br)cc1N. The second-order valence-electron chi connectivity index (χ2n) is 3.25. The fraction of sp³-hybridized carbons (Fsp3) is 0.400. The maximum atomic E-state index is 5.87. The molecule has 0 aromatic heterocycles. The van der Waals surface area contributed by atoms with Crippen LogP contribution in [0.5, 0.6) is 0 Å². The minimum atomic E-state index is 0.706. The first-order chi connectivity index (χ1) is 6.65. The Hall–Kier alpha value is -0.740. The monoisotopic (exact) mass is 257 g/mol. The minimum Gasteiger partial charge on any atom is -0.397 e. The average Bonchev–Trinajstić information content (AvgIpc) is 2.14. The van der Waals surface area contributed by atoms with Crippen molar-refractivity contribution in [2.24, 2.45) is 5.84 Å². The fourth-order valence-electron chi connectivity index (χ4n) is 1.24. The zero-order valence-electron chi connectivity index (χ0n) is 8.33. The molecule has 0 atom stereocenters. The van der Waals surface area contributed by atoms with E-state index in [1.807, 2.05) is 18.2 Å². The molecule has 0 amide bonds. The summed E-state index contributed by atoms with van der Waals surface area (Å²) in [7, 11) is 0. The number of nitrogens with two attached hydrogens (primary N) is 2. The summed E-state index contributed by atoms with van der Waals surface area (Å²) in [6.07, 6.45) is 2.20. The van der Waals surface area contributed by atoms with E-state index < -0.39 is 0 Å². The van der Waals surface area contributed by atoms with Crippen LogP contribution in [0.3, 0.4) is 0 Å². The van der Waals surface area contributed by atoms with Crippen LogP contribution in [0.25, 0.3) is 0 Å². The van der Waals surface area contributed by atoms with Gasteiger partial charge in [0.05, 0.1) is 11.4 Å². The molecule has 3 nitrogen and oxygen atoms in total. The van der Waals surface area contributed by atoms with Crippen LogP contribution >= 0.6 is 15.9 Å². The van der Waals surface area contributed by atoms with Crippen LogP contribution in [0.1, 0.15) is 19.8 Å². The van der Waals surface area contributed by atoms with Crippen LogP contribution in [0.2, 0.25) is 0 Å². The number of nitrogen functional groups attached to an aromatic ring is 1. The van der Waals surface area contributed by atoms with Gasteiger partial charge in [0, 0.05) is 11.0 Å². The van der Waals surface area contributed by atoms with Gasteiger partial charge in [-0.1, -0.05) is 29.3 Å². The summed E-state index contributed by atoms with van der Waals surface area (Å²) < 4.78 is 0.975. The second kappa shape index (κ2) is 5.22. The summed E-state index contributed by atoms with van der Waals surface area (Å²) in [6, 6.07) is 5.73. The van der Waals surface area contributed by atoms with Crippen molar-refractivity contribution in [2.75, 3.05) is 17.3 Å². The van der Waals surface area contributed by atoms with Gasteiger partial charge in [-0.3, -0.25) is 0 Å². The van der Waals surface area contributed by atoms with Crippen LogP contribution in [0.15, 0.2) is 22.7 Å². The number of benzene rings is 1. The molecule has 0 bridgehead atoms. The number of unbranched alkanes of at least 4 members (excludes halogenated alkanes) is 1. The largest absolute Gasteiger partial charge is 0.397 e. The van der Waals surface area contributed by atoms with E-state index in [2.05, 4.69) is 22.9 Å². The first-order valence-corrected chi connectivity index (χ1v) is 5.51. The fourth-order valence-corrected chi connectivity index (χ4v) is 1.61. The number of rotatable bonds is 4. The van der Waals surface area contributed by atoms with Gasteiger partial charge in [-0.15, -0.1) is 0 Å². The lowest BCUT2D eigenvalue weighted by Gasteiger charge is -2.20. The molecule has 0 heterocycles. The van der Waals surface area contributed by atoms with Crippen molar-refractivity contribution >= 4 is 27.3 Å². The van der Waals surface area contributed by atoms with Crippen LogP contribution in [-0.4, -0.2) is 6.54 Å². The highest BCUT2D eigenvalue weighted by Gasteiger charge is 2.05. The lowest BCUT2D eigenvalue weighted by Crippen LogP contribution is -2.32. The normalized spacial score (nSPS) is 10.2. The molecule has 0 spiro atoms. The lowest BCUT2D eigenvalue weighted by molar-refractivity contribution is 0.739. The van der Waals surface area contributed by atoms with Crippen molar-refractivity contribution in [3.05, 3.63) is 22.7 Å². The molecule has 0 unspecified atom stereocenters. The Kier molecular flexibility index (Phi) is 4.22. The van der Waals surface area contributed by atoms with Gasteiger partial charge in [0.15, 0.2) is 0 Å². The molecule has 0 fully saturated rings. The number of anilines is 2. The van der Waals surface area contributed by atoms with Gasteiger partial charge in [-0.2, -0.15) is 0 Å². The highest BCUT2D eigenvalue weighted by molar-refractivity contribution is 9.10. The van der Waals surface area contributed by atoms with E-state index in [0.717, 1.165) is 29.5 Å². The molecule has 0 aliphatic rings. The van der Waals surface area contributed by atoms with Crippen molar-refractivity contribution in [3.8, 4) is 0 Å². The first-order valence-electron chi connectivity index (χ1n) is 4.72. The molecule has 1 aromatic carbocycles. The Bertz CT molecular complexity index is 301. The Labute approximate surface area is 93.2 Å². The molecule has 0 saturated carbocycles. The lowest BCUT2D eigenvalue weighted by atomic mass is 10.2. The van der Waals surface area contributed by atoms with Crippen molar-refractivity contribution < 1.29 is 0 Å². The molecule has 14 heavy (non-hydrogen) atoms. The number of halogens is 1. The zero-order valence-corrected chi connectivity index (χ0v) is 9.92. The van der Waals surface area contributed by atoms with E-state index in [9.17, 15) is 0 Å². The van der Waals surface area contributed by atoms with Crippen molar-refractivity contribution in [2.45, 2.75) is 19.8 Å². The minimum absolute atomic E-state index is 0.706. The van der Waals surface area contributed by atoms with E-state index in [-0.39, 0.29) is 0 Å². The van der Waals surface area contributed by atoms with E-state index in [1.54, 1.807) is 5.01 Å².